The molecule has 0 saturated heterocycles. The van der Waals surface area contributed by atoms with Crippen molar-refractivity contribution in [3.63, 3.8) is 0 Å². The van der Waals surface area contributed by atoms with Gasteiger partial charge in [0.2, 0.25) is 5.89 Å². The van der Waals surface area contributed by atoms with Crippen LogP contribution in [0.25, 0.3) is 10.8 Å². The van der Waals surface area contributed by atoms with Crippen molar-refractivity contribution in [2.24, 2.45) is 0 Å². The van der Waals surface area contributed by atoms with E-state index in [1.807, 2.05) is 43.4 Å². The summed E-state index contributed by atoms with van der Waals surface area (Å²) in [5, 5.41) is 2.13. The summed E-state index contributed by atoms with van der Waals surface area (Å²) >= 11 is 0. The van der Waals surface area contributed by atoms with E-state index in [2.05, 4.69) is 4.98 Å². The molecule has 1 heterocycles. The topological polar surface area (TPSA) is 64.8 Å². The zero-order valence-electron chi connectivity index (χ0n) is 16.9. The van der Waals surface area contributed by atoms with E-state index in [1.165, 1.54) is 25.5 Å². The van der Waals surface area contributed by atoms with E-state index in [1.54, 1.807) is 12.0 Å². The number of carbonyl (C=O) groups excluding carboxylic acids is 1. The second-order valence-electron chi connectivity index (χ2n) is 7.50. The fraction of sp³-hybridized carbons (Fsp3) is 0.391. The smallest absolute Gasteiger partial charge is 0.275 e. The number of hydrogen-bond acceptors (Lipinski definition) is 5. The minimum atomic E-state index is -0.0929. The highest BCUT2D eigenvalue weighted by Crippen LogP contribution is 2.26. The zero-order valence-corrected chi connectivity index (χ0v) is 16.9. The third-order valence-electron chi connectivity index (χ3n) is 5.59. The van der Waals surface area contributed by atoms with E-state index in [9.17, 15) is 4.79 Å². The summed E-state index contributed by atoms with van der Waals surface area (Å²) in [5.41, 5.74) is 0.333. The number of ether oxygens (including phenoxy) is 2. The zero-order chi connectivity index (χ0) is 20.2. The third kappa shape index (κ3) is 4.36. The molecule has 0 spiro atoms. The predicted octanol–water partition coefficient (Wildman–Crippen LogP) is 4.82. The molecule has 1 aromatic heterocycles. The Balaban J connectivity index is 1.40. The molecule has 1 aliphatic carbocycles. The molecule has 0 unspecified atom stereocenters. The van der Waals surface area contributed by atoms with Crippen molar-refractivity contribution in [2.75, 3.05) is 14.2 Å². The number of benzene rings is 2. The van der Waals surface area contributed by atoms with Crippen LogP contribution in [-0.4, -0.2) is 36.0 Å². The maximum Gasteiger partial charge on any atom is 0.275 e. The van der Waals surface area contributed by atoms with E-state index in [4.69, 9.17) is 13.9 Å². The average Bonchev–Trinajstić information content (AvgIpc) is 3.25. The summed E-state index contributed by atoms with van der Waals surface area (Å²) in [6, 6.07) is 12.0. The molecule has 6 nitrogen and oxygen atoms in total. The van der Waals surface area contributed by atoms with Crippen molar-refractivity contribution < 1.29 is 18.7 Å². The third-order valence-corrected chi connectivity index (χ3v) is 5.59. The highest BCUT2D eigenvalue weighted by atomic mass is 16.5. The quantitative estimate of drug-likeness (QED) is 0.600. The van der Waals surface area contributed by atoms with Crippen LogP contribution in [0.4, 0.5) is 0 Å². The predicted molar refractivity (Wildman–Crippen MR) is 110 cm³/mol. The van der Waals surface area contributed by atoms with Crippen LogP contribution >= 0.6 is 0 Å². The maximum atomic E-state index is 12.7. The molecule has 1 amide bonds. The maximum absolute atomic E-state index is 12.7. The normalized spacial score (nSPS) is 14.7. The fourth-order valence-corrected chi connectivity index (χ4v) is 3.85. The number of methoxy groups -OCH3 is 1. The van der Waals surface area contributed by atoms with Crippen LogP contribution in [0.2, 0.25) is 0 Å². The Morgan fingerprint density at radius 1 is 1.10 bits per heavy atom. The van der Waals surface area contributed by atoms with Crippen molar-refractivity contribution in [3.8, 4) is 11.5 Å². The number of nitrogens with zero attached hydrogens (tertiary/aromatic N) is 2. The molecular weight excluding hydrogens is 368 g/mol. The molecule has 6 heteroatoms. The second kappa shape index (κ2) is 8.55. The first-order chi connectivity index (χ1) is 14.1. The molecule has 152 valence electrons. The van der Waals surface area contributed by atoms with Gasteiger partial charge < -0.3 is 18.8 Å². The standard InChI is InChI=1S/C23H26N2O4/c1-25(18-6-4-3-5-7-18)23(26)21-14-29-22(24-21)15-28-20-11-9-16-8-10-19(27-2)12-17(16)13-20/h8-14,18H,3-7,15H2,1-2H3. The molecule has 0 N–H and O–H groups in total. The Kier molecular flexibility index (Phi) is 5.69. The lowest BCUT2D eigenvalue weighted by atomic mass is 9.94. The number of amides is 1. The van der Waals surface area contributed by atoms with Gasteiger partial charge in [0.25, 0.3) is 5.91 Å². The first kappa shape index (κ1) is 19.3. The van der Waals surface area contributed by atoms with Crippen molar-refractivity contribution >= 4 is 16.7 Å². The van der Waals surface area contributed by atoms with E-state index in [-0.39, 0.29) is 12.5 Å². The molecule has 1 saturated carbocycles. The van der Waals surface area contributed by atoms with Crippen molar-refractivity contribution in [1.29, 1.82) is 0 Å². The second-order valence-corrected chi connectivity index (χ2v) is 7.50. The van der Waals surface area contributed by atoms with Crippen molar-refractivity contribution in [3.05, 3.63) is 54.2 Å². The number of rotatable bonds is 6. The van der Waals surface area contributed by atoms with E-state index < -0.39 is 0 Å². The van der Waals surface area contributed by atoms with E-state index >= 15 is 0 Å². The van der Waals surface area contributed by atoms with Gasteiger partial charge in [0.1, 0.15) is 17.8 Å². The SMILES string of the molecule is COc1ccc2ccc(OCc3nc(C(=O)N(C)C4CCCCC4)co3)cc2c1. The van der Waals surface area contributed by atoms with Gasteiger partial charge in [0.15, 0.2) is 12.3 Å². The van der Waals surface area contributed by atoms with Gasteiger partial charge in [-0.3, -0.25) is 4.79 Å². The van der Waals surface area contributed by atoms with Crippen molar-refractivity contribution in [2.45, 2.75) is 44.8 Å². The molecule has 1 aliphatic rings. The molecule has 4 rings (SSSR count). The van der Waals surface area contributed by atoms with Gasteiger partial charge in [0, 0.05) is 13.1 Å². The molecule has 29 heavy (non-hydrogen) atoms. The first-order valence-electron chi connectivity index (χ1n) is 10.1. The lowest BCUT2D eigenvalue weighted by Gasteiger charge is -2.30. The van der Waals surface area contributed by atoms with Gasteiger partial charge in [-0.25, -0.2) is 4.98 Å². The monoisotopic (exact) mass is 394 g/mol. The largest absolute Gasteiger partial charge is 0.497 e. The van der Waals surface area contributed by atoms with Crippen LogP contribution in [0, 0.1) is 0 Å². The molecule has 1 fully saturated rings. The number of aromatic nitrogens is 1. The number of fused-ring (bicyclic) bond motifs is 1. The molecular formula is C23H26N2O4. The summed E-state index contributed by atoms with van der Waals surface area (Å²) in [4.78, 5) is 18.8. The number of hydrogen-bond donors (Lipinski definition) is 0. The van der Waals surface area contributed by atoms with Gasteiger partial charge in [-0.2, -0.15) is 0 Å². The Labute approximate surface area is 170 Å². The van der Waals surface area contributed by atoms with Gasteiger partial charge in [-0.05, 0) is 47.9 Å². The summed E-state index contributed by atoms with van der Waals surface area (Å²) in [5.74, 6) is 1.80. The molecule has 0 bridgehead atoms. The molecule has 3 aromatic rings. The Hall–Kier alpha value is -3.02. The summed E-state index contributed by atoms with van der Waals surface area (Å²) in [6.45, 7) is 0.163. The van der Waals surface area contributed by atoms with Crippen LogP contribution in [0.15, 0.2) is 47.1 Å². The summed E-state index contributed by atoms with van der Waals surface area (Å²) in [6.07, 6.45) is 7.15. The minimum Gasteiger partial charge on any atom is -0.497 e. The van der Waals surface area contributed by atoms with E-state index in [0.717, 1.165) is 29.4 Å². The first-order valence-corrected chi connectivity index (χ1v) is 10.1. The lowest BCUT2D eigenvalue weighted by molar-refractivity contribution is 0.0690. The molecule has 0 atom stereocenters. The van der Waals surface area contributed by atoms with Gasteiger partial charge in [-0.1, -0.05) is 31.4 Å². The van der Waals surface area contributed by atoms with E-state index in [0.29, 0.717) is 23.4 Å². The highest BCUT2D eigenvalue weighted by Gasteiger charge is 2.25. The fourth-order valence-electron chi connectivity index (χ4n) is 3.85. The molecule has 0 radical (unpaired) electrons. The van der Waals surface area contributed by atoms with Crippen LogP contribution in [0.5, 0.6) is 11.5 Å². The van der Waals surface area contributed by atoms with Crippen LogP contribution < -0.4 is 9.47 Å². The average molecular weight is 394 g/mol. The van der Waals surface area contributed by atoms with Gasteiger partial charge in [-0.15, -0.1) is 0 Å². The Morgan fingerprint density at radius 3 is 2.59 bits per heavy atom. The van der Waals surface area contributed by atoms with Crippen LogP contribution in [0.3, 0.4) is 0 Å². The summed E-state index contributed by atoms with van der Waals surface area (Å²) < 4.78 is 16.6. The highest BCUT2D eigenvalue weighted by molar-refractivity contribution is 5.92. The van der Waals surface area contributed by atoms with Crippen LogP contribution in [-0.2, 0) is 6.61 Å². The van der Waals surface area contributed by atoms with Gasteiger partial charge in [0.05, 0.1) is 7.11 Å². The molecule has 0 aliphatic heterocycles. The van der Waals surface area contributed by atoms with Gasteiger partial charge >= 0.3 is 0 Å². The minimum absolute atomic E-state index is 0.0929. The lowest BCUT2D eigenvalue weighted by Crippen LogP contribution is -2.38. The number of oxazole rings is 1. The Bertz CT molecular complexity index is 991. The van der Waals surface area contributed by atoms with Crippen molar-refractivity contribution in [1.82, 2.24) is 9.88 Å². The Morgan fingerprint density at radius 2 is 1.83 bits per heavy atom. The number of carbonyl (C=O) groups is 1. The van der Waals surface area contributed by atoms with Crippen LogP contribution in [0.1, 0.15) is 48.5 Å². The molecule has 2 aromatic carbocycles. The summed E-state index contributed by atoms with van der Waals surface area (Å²) in [7, 11) is 3.50.